The van der Waals surface area contributed by atoms with E-state index in [2.05, 4.69) is 31.9 Å². The smallest absolute Gasteiger partial charge is 0.136 e. The molecule has 0 amide bonds. The summed E-state index contributed by atoms with van der Waals surface area (Å²) in [4.78, 5) is 18.3. The van der Waals surface area contributed by atoms with Crippen molar-refractivity contribution in [1.29, 1.82) is 0 Å². The number of carbonyl (C=O) groups excluding carboxylic acids is 1. The molecular formula is C16H17BrN2O. The third kappa shape index (κ3) is 2.44. The molecule has 1 aromatic heterocycles. The molecule has 20 heavy (non-hydrogen) atoms. The summed E-state index contributed by atoms with van der Waals surface area (Å²) in [5, 5.41) is 2.36. The Hall–Kier alpha value is -1.42. The number of piperidine rings is 1. The minimum absolute atomic E-state index is 0.230. The van der Waals surface area contributed by atoms with Gasteiger partial charge in [-0.2, -0.15) is 0 Å². The van der Waals surface area contributed by atoms with Gasteiger partial charge in [0, 0.05) is 40.4 Å². The monoisotopic (exact) mass is 332 g/mol. The maximum atomic E-state index is 11.5. The van der Waals surface area contributed by atoms with Gasteiger partial charge in [0.1, 0.15) is 11.6 Å². The van der Waals surface area contributed by atoms with Crippen molar-refractivity contribution in [2.75, 3.05) is 18.0 Å². The fourth-order valence-corrected chi connectivity index (χ4v) is 3.40. The molecule has 1 fully saturated rings. The number of pyridine rings is 1. The molecule has 3 nitrogen and oxygen atoms in total. The summed E-state index contributed by atoms with van der Waals surface area (Å²) in [5.41, 5.74) is 0. The number of halogens is 1. The standard InChI is InChI=1S/C16H17BrN2O/c1-11(20)12-6-9-19(10-7-12)16-14-3-2-4-15(17)13(14)5-8-18-16/h2-5,8,12H,6-7,9-10H2,1H3. The number of hydrogen-bond donors (Lipinski definition) is 0. The molecule has 0 spiro atoms. The van der Waals surface area contributed by atoms with E-state index in [1.165, 1.54) is 10.8 Å². The van der Waals surface area contributed by atoms with Crippen molar-refractivity contribution in [3.8, 4) is 0 Å². The van der Waals surface area contributed by atoms with E-state index < -0.39 is 0 Å². The highest BCUT2D eigenvalue weighted by Crippen LogP contribution is 2.31. The Balaban J connectivity index is 1.92. The number of Topliss-reactive ketones (excluding diaryl/α,β-unsaturated/α-hetero) is 1. The second kappa shape index (κ2) is 5.52. The van der Waals surface area contributed by atoms with Crippen molar-refractivity contribution >= 4 is 38.3 Å². The highest BCUT2D eigenvalue weighted by atomic mass is 79.9. The van der Waals surface area contributed by atoms with Gasteiger partial charge in [0.2, 0.25) is 0 Å². The van der Waals surface area contributed by atoms with Gasteiger partial charge in [0.15, 0.2) is 0 Å². The van der Waals surface area contributed by atoms with Crippen LogP contribution in [0.1, 0.15) is 19.8 Å². The molecule has 0 atom stereocenters. The van der Waals surface area contributed by atoms with E-state index >= 15 is 0 Å². The Labute approximate surface area is 127 Å². The van der Waals surface area contributed by atoms with Gasteiger partial charge in [-0.05, 0) is 31.9 Å². The molecule has 0 radical (unpaired) electrons. The van der Waals surface area contributed by atoms with Crippen LogP contribution in [-0.4, -0.2) is 23.9 Å². The normalized spacial score (nSPS) is 16.6. The molecule has 0 bridgehead atoms. The number of ketones is 1. The molecule has 3 rings (SSSR count). The van der Waals surface area contributed by atoms with Crippen LogP contribution < -0.4 is 4.90 Å². The lowest BCUT2D eigenvalue weighted by Crippen LogP contribution is -2.36. The van der Waals surface area contributed by atoms with Crippen LogP contribution in [0.3, 0.4) is 0 Å². The Kier molecular flexibility index (Phi) is 3.74. The molecule has 104 valence electrons. The van der Waals surface area contributed by atoms with Crippen LogP contribution in [0.2, 0.25) is 0 Å². The van der Waals surface area contributed by atoms with E-state index in [0.29, 0.717) is 5.78 Å². The first-order chi connectivity index (χ1) is 9.66. The van der Waals surface area contributed by atoms with Crippen LogP contribution >= 0.6 is 15.9 Å². The largest absolute Gasteiger partial charge is 0.356 e. The Bertz CT molecular complexity index is 648. The van der Waals surface area contributed by atoms with Crippen LogP contribution in [0.25, 0.3) is 10.8 Å². The van der Waals surface area contributed by atoms with Crippen molar-refractivity contribution in [3.63, 3.8) is 0 Å². The van der Waals surface area contributed by atoms with Gasteiger partial charge >= 0.3 is 0 Å². The molecule has 1 saturated heterocycles. The van der Waals surface area contributed by atoms with Gasteiger partial charge in [-0.25, -0.2) is 4.98 Å². The van der Waals surface area contributed by atoms with Crippen molar-refractivity contribution < 1.29 is 4.79 Å². The number of benzene rings is 1. The average molecular weight is 333 g/mol. The van der Waals surface area contributed by atoms with Gasteiger partial charge in [-0.3, -0.25) is 4.79 Å². The zero-order valence-electron chi connectivity index (χ0n) is 11.5. The number of hydrogen-bond acceptors (Lipinski definition) is 3. The number of nitrogens with zero attached hydrogens (tertiary/aromatic N) is 2. The first kappa shape index (κ1) is 13.6. The summed E-state index contributed by atoms with van der Waals surface area (Å²) in [6, 6.07) is 8.23. The average Bonchev–Trinajstić information content (AvgIpc) is 2.47. The molecule has 2 aromatic rings. The minimum atomic E-state index is 0.230. The second-order valence-electron chi connectivity index (χ2n) is 5.34. The summed E-state index contributed by atoms with van der Waals surface area (Å²) in [6.45, 7) is 3.51. The highest BCUT2D eigenvalue weighted by Gasteiger charge is 2.24. The van der Waals surface area contributed by atoms with Crippen molar-refractivity contribution in [1.82, 2.24) is 4.98 Å². The van der Waals surface area contributed by atoms with E-state index in [-0.39, 0.29) is 5.92 Å². The lowest BCUT2D eigenvalue weighted by atomic mass is 9.93. The molecule has 2 heterocycles. The van der Waals surface area contributed by atoms with Crippen molar-refractivity contribution in [3.05, 3.63) is 34.9 Å². The molecular weight excluding hydrogens is 316 g/mol. The summed E-state index contributed by atoms with van der Waals surface area (Å²) in [7, 11) is 0. The minimum Gasteiger partial charge on any atom is -0.356 e. The van der Waals surface area contributed by atoms with Crippen molar-refractivity contribution in [2.45, 2.75) is 19.8 Å². The van der Waals surface area contributed by atoms with E-state index in [1.54, 1.807) is 6.92 Å². The van der Waals surface area contributed by atoms with E-state index in [9.17, 15) is 4.79 Å². The lowest BCUT2D eigenvalue weighted by molar-refractivity contribution is -0.121. The van der Waals surface area contributed by atoms with Crippen LogP contribution in [0.4, 0.5) is 5.82 Å². The van der Waals surface area contributed by atoms with Crippen LogP contribution in [0.5, 0.6) is 0 Å². The number of fused-ring (bicyclic) bond motifs is 1. The highest BCUT2D eigenvalue weighted by molar-refractivity contribution is 9.10. The molecule has 0 unspecified atom stereocenters. The molecule has 0 saturated carbocycles. The topological polar surface area (TPSA) is 33.2 Å². The summed E-state index contributed by atoms with van der Waals surface area (Å²) in [5.74, 6) is 1.58. The van der Waals surface area contributed by atoms with Crippen LogP contribution in [-0.2, 0) is 4.79 Å². The third-order valence-electron chi connectivity index (χ3n) is 4.10. The van der Waals surface area contributed by atoms with Gasteiger partial charge in [-0.15, -0.1) is 0 Å². The first-order valence-corrected chi connectivity index (χ1v) is 7.75. The summed E-state index contributed by atoms with van der Waals surface area (Å²) >= 11 is 3.59. The predicted octanol–water partition coefficient (Wildman–Crippen LogP) is 3.80. The fraction of sp³-hybridized carbons (Fsp3) is 0.375. The summed E-state index contributed by atoms with van der Waals surface area (Å²) in [6.07, 6.45) is 3.72. The van der Waals surface area contributed by atoms with E-state index in [0.717, 1.165) is 36.2 Å². The number of rotatable bonds is 2. The Morgan fingerprint density at radius 1 is 1.25 bits per heavy atom. The van der Waals surface area contributed by atoms with E-state index in [4.69, 9.17) is 0 Å². The predicted molar refractivity (Wildman–Crippen MR) is 85.1 cm³/mol. The maximum absolute atomic E-state index is 11.5. The third-order valence-corrected chi connectivity index (χ3v) is 4.79. The molecule has 1 aliphatic heterocycles. The SMILES string of the molecule is CC(=O)C1CCN(c2nccc3c(Br)cccc23)CC1. The fourth-order valence-electron chi connectivity index (χ4n) is 2.90. The Morgan fingerprint density at radius 3 is 2.70 bits per heavy atom. The molecule has 1 aliphatic rings. The number of carbonyl (C=O) groups is 1. The molecule has 0 aliphatic carbocycles. The maximum Gasteiger partial charge on any atom is 0.136 e. The van der Waals surface area contributed by atoms with Gasteiger partial charge < -0.3 is 4.90 Å². The van der Waals surface area contributed by atoms with Gasteiger partial charge in [0.25, 0.3) is 0 Å². The molecule has 4 heteroatoms. The quantitative estimate of drug-likeness (QED) is 0.838. The van der Waals surface area contributed by atoms with Crippen molar-refractivity contribution in [2.24, 2.45) is 5.92 Å². The Morgan fingerprint density at radius 2 is 2.00 bits per heavy atom. The zero-order valence-corrected chi connectivity index (χ0v) is 13.1. The van der Waals surface area contributed by atoms with Crippen LogP contribution in [0.15, 0.2) is 34.9 Å². The second-order valence-corrected chi connectivity index (χ2v) is 6.20. The van der Waals surface area contributed by atoms with E-state index in [1.807, 2.05) is 24.4 Å². The first-order valence-electron chi connectivity index (χ1n) is 6.95. The molecule has 1 aromatic carbocycles. The van der Waals surface area contributed by atoms with Crippen LogP contribution in [0, 0.1) is 5.92 Å². The van der Waals surface area contributed by atoms with Gasteiger partial charge in [0.05, 0.1) is 0 Å². The number of aromatic nitrogens is 1. The molecule has 0 N–H and O–H groups in total. The summed E-state index contributed by atoms with van der Waals surface area (Å²) < 4.78 is 1.09. The lowest BCUT2D eigenvalue weighted by Gasteiger charge is -2.32. The van der Waals surface area contributed by atoms with Gasteiger partial charge in [-0.1, -0.05) is 28.1 Å². The zero-order chi connectivity index (χ0) is 14.1. The number of anilines is 1.